The van der Waals surface area contributed by atoms with Crippen LogP contribution in [0.25, 0.3) is 0 Å². The van der Waals surface area contributed by atoms with Crippen LogP contribution in [0.15, 0.2) is 54.7 Å². The van der Waals surface area contributed by atoms with Crippen molar-refractivity contribution in [2.45, 2.75) is 26.4 Å². The SMILES string of the molecule is COc1ccc(Nc2nncc(N(Cc3ccccc3)C(C)C)n2)cc1Cl. The summed E-state index contributed by atoms with van der Waals surface area (Å²) in [4.78, 5) is 6.80. The van der Waals surface area contributed by atoms with E-state index in [1.165, 1.54) is 5.56 Å². The second-order valence-electron chi connectivity index (χ2n) is 6.32. The fourth-order valence-corrected chi connectivity index (χ4v) is 2.93. The van der Waals surface area contributed by atoms with Gasteiger partial charge in [0.25, 0.3) is 0 Å². The molecule has 27 heavy (non-hydrogen) atoms. The number of methoxy groups -OCH3 is 1. The number of ether oxygens (including phenoxy) is 1. The van der Waals surface area contributed by atoms with Crippen LogP contribution >= 0.6 is 11.6 Å². The molecule has 0 aliphatic heterocycles. The Morgan fingerprint density at radius 3 is 2.59 bits per heavy atom. The third kappa shape index (κ3) is 4.86. The zero-order valence-corrected chi connectivity index (χ0v) is 16.3. The van der Waals surface area contributed by atoms with Gasteiger partial charge >= 0.3 is 0 Å². The molecule has 0 unspecified atom stereocenters. The molecule has 140 valence electrons. The van der Waals surface area contributed by atoms with E-state index in [9.17, 15) is 0 Å². The van der Waals surface area contributed by atoms with Gasteiger partial charge in [-0.2, -0.15) is 10.1 Å². The molecule has 6 nitrogen and oxygen atoms in total. The molecular formula is C20H22ClN5O. The van der Waals surface area contributed by atoms with Crippen molar-refractivity contribution in [2.24, 2.45) is 0 Å². The maximum atomic E-state index is 6.18. The van der Waals surface area contributed by atoms with Crippen LogP contribution in [0.2, 0.25) is 5.02 Å². The van der Waals surface area contributed by atoms with Gasteiger partial charge in [-0.3, -0.25) is 0 Å². The number of rotatable bonds is 7. The summed E-state index contributed by atoms with van der Waals surface area (Å²) in [6.45, 7) is 4.99. The normalized spacial score (nSPS) is 10.7. The third-order valence-electron chi connectivity index (χ3n) is 4.07. The number of anilines is 3. The van der Waals surface area contributed by atoms with Crippen LogP contribution in [-0.2, 0) is 6.54 Å². The van der Waals surface area contributed by atoms with Crippen molar-refractivity contribution in [3.05, 3.63) is 65.3 Å². The highest BCUT2D eigenvalue weighted by Gasteiger charge is 2.14. The Balaban J connectivity index is 1.81. The van der Waals surface area contributed by atoms with Crippen LogP contribution in [0.5, 0.6) is 5.75 Å². The van der Waals surface area contributed by atoms with Gasteiger partial charge in [0.1, 0.15) is 5.75 Å². The van der Waals surface area contributed by atoms with E-state index in [-0.39, 0.29) is 6.04 Å². The fraction of sp³-hybridized carbons (Fsp3) is 0.250. The van der Waals surface area contributed by atoms with Crippen LogP contribution in [0.1, 0.15) is 19.4 Å². The van der Waals surface area contributed by atoms with Crippen LogP contribution in [-0.4, -0.2) is 28.3 Å². The van der Waals surface area contributed by atoms with Gasteiger partial charge < -0.3 is 15.0 Å². The first-order valence-corrected chi connectivity index (χ1v) is 9.05. The second-order valence-corrected chi connectivity index (χ2v) is 6.73. The van der Waals surface area contributed by atoms with E-state index in [2.05, 4.69) is 51.4 Å². The smallest absolute Gasteiger partial charge is 0.249 e. The summed E-state index contributed by atoms with van der Waals surface area (Å²) in [5.74, 6) is 1.78. The van der Waals surface area contributed by atoms with E-state index in [1.807, 2.05) is 24.3 Å². The first-order valence-electron chi connectivity index (χ1n) is 8.67. The molecule has 2 aromatic carbocycles. The van der Waals surface area contributed by atoms with Crippen molar-refractivity contribution >= 4 is 29.1 Å². The van der Waals surface area contributed by atoms with Crippen LogP contribution in [0, 0.1) is 0 Å². The van der Waals surface area contributed by atoms with Crippen molar-refractivity contribution < 1.29 is 4.74 Å². The number of nitrogens with one attached hydrogen (secondary N) is 1. The van der Waals surface area contributed by atoms with Crippen LogP contribution < -0.4 is 15.0 Å². The molecule has 1 N–H and O–H groups in total. The van der Waals surface area contributed by atoms with Gasteiger partial charge in [0.15, 0.2) is 5.82 Å². The predicted molar refractivity (Wildman–Crippen MR) is 109 cm³/mol. The van der Waals surface area contributed by atoms with Gasteiger partial charge in [0, 0.05) is 18.3 Å². The second kappa shape index (κ2) is 8.68. The molecule has 0 aliphatic rings. The van der Waals surface area contributed by atoms with Gasteiger partial charge in [-0.15, -0.1) is 5.10 Å². The summed E-state index contributed by atoms with van der Waals surface area (Å²) in [7, 11) is 1.58. The van der Waals surface area contributed by atoms with Crippen molar-refractivity contribution in [2.75, 3.05) is 17.3 Å². The minimum absolute atomic E-state index is 0.255. The summed E-state index contributed by atoms with van der Waals surface area (Å²) >= 11 is 6.18. The van der Waals surface area contributed by atoms with Gasteiger partial charge in [0.05, 0.1) is 18.3 Å². The van der Waals surface area contributed by atoms with Crippen molar-refractivity contribution in [3.63, 3.8) is 0 Å². The van der Waals surface area contributed by atoms with E-state index in [1.54, 1.807) is 25.4 Å². The molecule has 0 aliphatic carbocycles. The predicted octanol–water partition coefficient (Wildman–Crippen LogP) is 4.69. The number of halogens is 1. The molecule has 0 saturated heterocycles. The highest BCUT2D eigenvalue weighted by molar-refractivity contribution is 6.32. The zero-order chi connectivity index (χ0) is 19.2. The Morgan fingerprint density at radius 2 is 1.93 bits per heavy atom. The Labute approximate surface area is 164 Å². The summed E-state index contributed by atoms with van der Waals surface area (Å²) in [6, 6.07) is 15.9. The van der Waals surface area contributed by atoms with Gasteiger partial charge in [-0.25, -0.2) is 0 Å². The molecule has 7 heteroatoms. The van der Waals surface area contributed by atoms with Crippen molar-refractivity contribution in [1.29, 1.82) is 0 Å². The number of benzene rings is 2. The average molecular weight is 384 g/mol. The highest BCUT2D eigenvalue weighted by atomic mass is 35.5. The molecule has 1 aromatic heterocycles. The fourth-order valence-electron chi connectivity index (χ4n) is 2.67. The standard InChI is InChI=1S/C20H22ClN5O/c1-14(2)26(13-15-7-5-4-6-8-15)19-12-22-25-20(24-19)23-16-9-10-18(27-3)17(21)11-16/h4-12,14H,13H2,1-3H3,(H,23,24,25). The highest BCUT2D eigenvalue weighted by Crippen LogP contribution is 2.28. The van der Waals surface area contributed by atoms with Gasteiger partial charge in [0.2, 0.25) is 5.95 Å². The Kier molecular flexibility index (Phi) is 6.08. The molecule has 3 aromatic rings. The van der Waals surface area contributed by atoms with E-state index in [4.69, 9.17) is 16.3 Å². The molecule has 3 rings (SSSR count). The Bertz CT molecular complexity index is 889. The quantitative estimate of drug-likeness (QED) is 0.638. The molecule has 0 atom stereocenters. The molecule has 0 fully saturated rings. The topological polar surface area (TPSA) is 63.2 Å². The van der Waals surface area contributed by atoms with Crippen molar-refractivity contribution in [1.82, 2.24) is 15.2 Å². The van der Waals surface area contributed by atoms with E-state index < -0.39 is 0 Å². The average Bonchev–Trinajstić information content (AvgIpc) is 2.67. The van der Waals surface area contributed by atoms with Crippen LogP contribution in [0.3, 0.4) is 0 Å². The maximum Gasteiger partial charge on any atom is 0.249 e. The summed E-state index contributed by atoms with van der Waals surface area (Å²) in [6.07, 6.45) is 1.68. The number of aromatic nitrogens is 3. The molecule has 0 amide bonds. The maximum absolute atomic E-state index is 6.18. The minimum Gasteiger partial charge on any atom is -0.495 e. The van der Waals surface area contributed by atoms with Gasteiger partial charge in [-0.1, -0.05) is 41.9 Å². The Hall–Kier alpha value is -2.86. The molecule has 0 saturated carbocycles. The third-order valence-corrected chi connectivity index (χ3v) is 4.36. The number of nitrogens with zero attached hydrogens (tertiary/aromatic N) is 4. The summed E-state index contributed by atoms with van der Waals surface area (Å²) in [5.41, 5.74) is 1.97. The summed E-state index contributed by atoms with van der Waals surface area (Å²) < 4.78 is 5.17. The molecular weight excluding hydrogens is 362 g/mol. The lowest BCUT2D eigenvalue weighted by Crippen LogP contribution is -2.31. The zero-order valence-electron chi connectivity index (χ0n) is 15.6. The van der Waals surface area contributed by atoms with E-state index in [0.29, 0.717) is 16.7 Å². The molecule has 0 bridgehead atoms. The Morgan fingerprint density at radius 1 is 1.15 bits per heavy atom. The number of hydrogen-bond acceptors (Lipinski definition) is 6. The lowest BCUT2D eigenvalue weighted by molar-refractivity contribution is 0.415. The minimum atomic E-state index is 0.255. The molecule has 0 radical (unpaired) electrons. The van der Waals surface area contributed by atoms with E-state index >= 15 is 0 Å². The van der Waals surface area contributed by atoms with E-state index in [0.717, 1.165) is 18.1 Å². The van der Waals surface area contributed by atoms with Crippen LogP contribution in [0.4, 0.5) is 17.5 Å². The lowest BCUT2D eigenvalue weighted by atomic mass is 10.2. The molecule has 1 heterocycles. The van der Waals surface area contributed by atoms with Crippen molar-refractivity contribution in [3.8, 4) is 5.75 Å². The van der Waals surface area contributed by atoms with Gasteiger partial charge in [-0.05, 0) is 37.6 Å². The molecule has 0 spiro atoms. The summed E-state index contributed by atoms with van der Waals surface area (Å²) in [5, 5.41) is 11.8. The number of hydrogen-bond donors (Lipinski definition) is 1. The first kappa shape index (κ1) is 18.9. The largest absolute Gasteiger partial charge is 0.495 e. The monoisotopic (exact) mass is 383 g/mol. The lowest BCUT2D eigenvalue weighted by Gasteiger charge is -2.27. The first-order chi connectivity index (χ1) is 13.1.